The summed E-state index contributed by atoms with van der Waals surface area (Å²) in [5.41, 5.74) is 1.33. The molecule has 0 saturated heterocycles. The molecule has 3 rings (SSSR count). The monoisotopic (exact) mass is 229 g/mol. The molecule has 1 atom stereocenters. The number of ether oxygens (including phenoxy) is 1. The molecule has 0 aliphatic carbocycles. The molecule has 1 nitrogen and oxygen atoms in total. The molecular weight excluding hydrogens is 216 g/mol. The lowest BCUT2D eigenvalue weighted by atomic mass is 10.0. The fourth-order valence-electron chi connectivity index (χ4n) is 2.03. The standard InChI is InChI=1S/C14H13OS/c1-2-6-14-11(4-1)7-8-12(15-14)10-13-5-3-9-16-13/h1-6,9-10,12H,7-8H2. The smallest absolute Gasteiger partial charge is 0.122 e. The van der Waals surface area contributed by atoms with Crippen LogP contribution in [-0.4, -0.2) is 6.10 Å². The van der Waals surface area contributed by atoms with Crippen molar-refractivity contribution in [2.24, 2.45) is 0 Å². The Morgan fingerprint density at radius 1 is 1.19 bits per heavy atom. The Morgan fingerprint density at radius 2 is 2.12 bits per heavy atom. The summed E-state index contributed by atoms with van der Waals surface area (Å²) in [4.78, 5) is 1.30. The average Bonchev–Trinajstić information content (AvgIpc) is 2.82. The number of rotatable bonds is 2. The highest BCUT2D eigenvalue weighted by molar-refractivity contribution is 7.10. The van der Waals surface area contributed by atoms with Crippen molar-refractivity contribution >= 4 is 11.3 Å². The fraction of sp³-hybridized carbons (Fsp3) is 0.214. The van der Waals surface area contributed by atoms with Crippen molar-refractivity contribution in [1.82, 2.24) is 0 Å². The molecule has 0 bridgehead atoms. The number of aryl methyl sites for hydroxylation is 1. The zero-order chi connectivity index (χ0) is 10.8. The second-order valence-electron chi connectivity index (χ2n) is 3.98. The van der Waals surface area contributed by atoms with E-state index in [2.05, 4.69) is 42.1 Å². The third-order valence-electron chi connectivity index (χ3n) is 2.84. The van der Waals surface area contributed by atoms with Crippen LogP contribution in [0.4, 0.5) is 0 Å². The van der Waals surface area contributed by atoms with Crippen LogP contribution < -0.4 is 4.74 Å². The van der Waals surface area contributed by atoms with Crippen LogP contribution in [0.1, 0.15) is 16.9 Å². The highest BCUT2D eigenvalue weighted by Crippen LogP contribution is 2.29. The topological polar surface area (TPSA) is 9.23 Å². The maximum Gasteiger partial charge on any atom is 0.122 e. The lowest BCUT2D eigenvalue weighted by Crippen LogP contribution is -2.23. The molecule has 81 valence electrons. The summed E-state index contributed by atoms with van der Waals surface area (Å²) >= 11 is 1.76. The summed E-state index contributed by atoms with van der Waals surface area (Å²) in [6, 6.07) is 12.5. The predicted molar refractivity (Wildman–Crippen MR) is 66.9 cm³/mol. The van der Waals surface area contributed by atoms with E-state index in [1.807, 2.05) is 6.07 Å². The Hall–Kier alpha value is -1.28. The van der Waals surface area contributed by atoms with Crippen LogP contribution >= 0.6 is 11.3 Å². The summed E-state index contributed by atoms with van der Waals surface area (Å²) in [7, 11) is 0. The summed E-state index contributed by atoms with van der Waals surface area (Å²) in [5, 5.41) is 2.10. The number of benzene rings is 1. The number of hydrogen-bond acceptors (Lipinski definition) is 2. The van der Waals surface area contributed by atoms with Crippen molar-refractivity contribution in [2.75, 3.05) is 0 Å². The van der Waals surface area contributed by atoms with E-state index in [1.54, 1.807) is 11.3 Å². The van der Waals surface area contributed by atoms with E-state index in [9.17, 15) is 0 Å². The minimum atomic E-state index is 0.230. The van der Waals surface area contributed by atoms with Gasteiger partial charge in [-0.3, -0.25) is 0 Å². The lowest BCUT2D eigenvalue weighted by molar-refractivity contribution is 0.207. The first-order chi connectivity index (χ1) is 7.92. The average molecular weight is 229 g/mol. The van der Waals surface area contributed by atoms with Gasteiger partial charge in [-0.1, -0.05) is 24.3 Å². The second kappa shape index (κ2) is 4.30. The fourth-order valence-corrected chi connectivity index (χ4v) is 2.73. The Bertz CT molecular complexity index is 461. The van der Waals surface area contributed by atoms with Gasteiger partial charge in [-0.25, -0.2) is 0 Å². The van der Waals surface area contributed by atoms with Gasteiger partial charge in [0.25, 0.3) is 0 Å². The highest BCUT2D eigenvalue weighted by atomic mass is 32.1. The SMILES string of the molecule is [CH](c1cccs1)C1CCc2ccccc2O1. The molecule has 2 heteroatoms. The molecule has 0 spiro atoms. The highest BCUT2D eigenvalue weighted by Gasteiger charge is 2.19. The molecule has 2 aromatic rings. The van der Waals surface area contributed by atoms with E-state index in [4.69, 9.17) is 4.74 Å². The molecule has 1 aliphatic heterocycles. The second-order valence-corrected chi connectivity index (χ2v) is 4.96. The predicted octanol–water partition coefficient (Wildman–Crippen LogP) is 3.69. The minimum Gasteiger partial charge on any atom is -0.489 e. The normalized spacial score (nSPS) is 18.9. The molecule has 1 aromatic carbocycles. The van der Waals surface area contributed by atoms with Gasteiger partial charge >= 0.3 is 0 Å². The quantitative estimate of drug-likeness (QED) is 0.763. The number of thiophene rings is 1. The summed E-state index contributed by atoms with van der Waals surface area (Å²) in [6.07, 6.45) is 4.65. The van der Waals surface area contributed by atoms with Gasteiger partial charge in [0, 0.05) is 11.3 Å². The van der Waals surface area contributed by atoms with Crippen molar-refractivity contribution in [1.29, 1.82) is 0 Å². The third kappa shape index (κ3) is 1.98. The Balaban J connectivity index is 1.73. The van der Waals surface area contributed by atoms with E-state index < -0.39 is 0 Å². The maximum atomic E-state index is 5.96. The van der Waals surface area contributed by atoms with Gasteiger partial charge in [-0.15, -0.1) is 11.3 Å². The molecule has 0 fully saturated rings. The van der Waals surface area contributed by atoms with E-state index in [0.29, 0.717) is 0 Å². The van der Waals surface area contributed by atoms with E-state index >= 15 is 0 Å². The molecule has 16 heavy (non-hydrogen) atoms. The van der Waals surface area contributed by atoms with Gasteiger partial charge in [-0.05, 0) is 35.9 Å². The first-order valence-electron chi connectivity index (χ1n) is 5.55. The van der Waals surface area contributed by atoms with Gasteiger partial charge in [0.05, 0.1) is 0 Å². The van der Waals surface area contributed by atoms with Crippen LogP contribution in [0.5, 0.6) is 5.75 Å². The number of fused-ring (bicyclic) bond motifs is 1. The van der Waals surface area contributed by atoms with Crippen LogP contribution in [0.3, 0.4) is 0 Å². The van der Waals surface area contributed by atoms with Crippen molar-refractivity contribution in [3.63, 3.8) is 0 Å². The summed E-state index contributed by atoms with van der Waals surface area (Å²) in [6.45, 7) is 0. The number of para-hydroxylation sites is 1. The van der Waals surface area contributed by atoms with E-state index in [-0.39, 0.29) is 6.10 Å². The Kier molecular flexibility index (Phi) is 2.66. The van der Waals surface area contributed by atoms with Gasteiger partial charge in [0.15, 0.2) is 0 Å². The van der Waals surface area contributed by atoms with Gasteiger partial charge in [0.2, 0.25) is 0 Å². The number of hydrogen-bond donors (Lipinski definition) is 0. The third-order valence-corrected chi connectivity index (χ3v) is 3.68. The van der Waals surface area contributed by atoms with Gasteiger partial charge in [0.1, 0.15) is 11.9 Å². The summed E-state index contributed by atoms with van der Waals surface area (Å²) < 4.78 is 5.96. The van der Waals surface area contributed by atoms with Gasteiger partial charge in [-0.2, -0.15) is 0 Å². The van der Waals surface area contributed by atoms with Crippen molar-refractivity contribution in [3.05, 3.63) is 58.6 Å². The molecule has 1 unspecified atom stereocenters. The molecular formula is C14H13OS. The lowest BCUT2D eigenvalue weighted by Gasteiger charge is -2.25. The van der Waals surface area contributed by atoms with Crippen LogP contribution in [0.15, 0.2) is 41.8 Å². The molecule has 1 aromatic heterocycles. The molecule has 0 amide bonds. The first kappa shape index (κ1) is 9.91. The van der Waals surface area contributed by atoms with Crippen LogP contribution in [0.25, 0.3) is 0 Å². The maximum absolute atomic E-state index is 5.96. The van der Waals surface area contributed by atoms with E-state index in [0.717, 1.165) is 18.6 Å². The summed E-state index contributed by atoms with van der Waals surface area (Å²) in [5.74, 6) is 1.05. The van der Waals surface area contributed by atoms with Crippen molar-refractivity contribution in [2.45, 2.75) is 18.9 Å². The van der Waals surface area contributed by atoms with Crippen LogP contribution in [-0.2, 0) is 6.42 Å². The van der Waals surface area contributed by atoms with Crippen molar-refractivity contribution in [3.8, 4) is 5.75 Å². The van der Waals surface area contributed by atoms with Crippen LogP contribution in [0.2, 0.25) is 0 Å². The molecule has 0 saturated carbocycles. The molecule has 1 aliphatic rings. The minimum absolute atomic E-state index is 0.230. The van der Waals surface area contributed by atoms with Crippen LogP contribution in [0, 0.1) is 6.42 Å². The molecule has 2 heterocycles. The molecule has 1 radical (unpaired) electrons. The molecule has 0 N–H and O–H groups in total. The first-order valence-corrected chi connectivity index (χ1v) is 6.43. The van der Waals surface area contributed by atoms with Crippen molar-refractivity contribution < 1.29 is 4.74 Å². The Labute approximate surface area is 99.7 Å². The Morgan fingerprint density at radius 3 is 3.00 bits per heavy atom. The zero-order valence-electron chi connectivity index (χ0n) is 8.93. The van der Waals surface area contributed by atoms with Gasteiger partial charge < -0.3 is 4.74 Å². The zero-order valence-corrected chi connectivity index (χ0v) is 9.74. The van der Waals surface area contributed by atoms with E-state index in [1.165, 1.54) is 10.4 Å². The largest absolute Gasteiger partial charge is 0.489 e.